The molecule has 1 aromatic carbocycles. The van der Waals surface area contributed by atoms with E-state index in [1.807, 2.05) is 38.1 Å². The van der Waals surface area contributed by atoms with Gasteiger partial charge < -0.3 is 9.84 Å². The first-order chi connectivity index (χ1) is 15.4. The van der Waals surface area contributed by atoms with Crippen LogP contribution in [0.15, 0.2) is 47.1 Å². The maximum atomic E-state index is 12.6. The Balaban J connectivity index is 1.31. The monoisotopic (exact) mass is 454 g/mol. The highest BCUT2D eigenvalue weighted by atomic mass is 35.5. The van der Waals surface area contributed by atoms with Crippen molar-refractivity contribution in [1.29, 1.82) is 0 Å². The van der Waals surface area contributed by atoms with Gasteiger partial charge in [-0.05, 0) is 32.9 Å². The van der Waals surface area contributed by atoms with E-state index in [2.05, 4.69) is 37.2 Å². The molecule has 2 aromatic heterocycles. The molecule has 1 N–H and O–H groups in total. The highest BCUT2D eigenvalue weighted by Gasteiger charge is 2.30. The molecule has 1 fully saturated rings. The summed E-state index contributed by atoms with van der Waals surface area (Å²) in [5.41, 5.74) is 2.13. The average molecular weight is 455 g/mol. The third kappa shape index (κ3) is 5.15. The first-order valence-electron chi connectivity index (χ1n) is 10.7. The normalized spacial score (nSPS) is 17.1. The van der Waals surface area contributed by atoms with Gasteiger partial charge in [0.05, 0.1) is 17.1 Å². The number of rotatable bonds is 6. The van der Waals surface area contributed by atoms with Gasteiger partial charge in [-0.1, -0.05) is 46.6 Å². The second-order valence-corrected chi connectivity index (χ2v) is 8.53. The fourth-order valence-corrected chi connectivity index (χ4v) is 3.85. The number of halogens is 1. The number of hydrogen-bond acceptors (Lipinski definition) is 7. The van der Waals surface area contributed by atoms with Crippen LogP contribution in [0.2, 0.25) is 5.02 Å². The Labute approximate surface area is 192 Å². The average Bonchev–Trinajstić information content (AvgIpc) is 3.30. The second kappa shape index (κ2) is 9.77. The van der Waals surface area contributed by atoms with E-state index in [-0.39, 0.29) is 18.0 Å². The summed E-state index contributed by atoms with van der Waals surface area (Å²) in [5.74, 6) is 1.63. The minimum atomic E-state index is -0.263. The lowest BCUT2D eigenvalue weighted by Crippen LogP contribution is -2.53. The maximum Gasteiger partial charge on any atom is 0.244 e. The van der Waals surface area contributed by atoms with Gasteiger partial charge in [-0.25, -0.2) is 4.98 Å². The van der Waals surface area contributed by atoms with Crippen molar-refractivity contribution in [2.45, 2.75) is 32.9 Å². The Morgan fingerprint density at radius 3 is 2.41 bits per heavy atom. The van der Waals surface area contributed by atoms with Crippen LogP contribution in [0.1, 0.15) is 31.3 Å². The fraction of sp³-hybridized carbons (Fsp3) is 0.391. The molecule has 0 spiro atoms. The van der Waals surface area contributed by atoms with Gasteiger partial charge in [-0.2, -0.15) is 4.98 Å². The number of nitrogens with zero attached hydrogens (tertiary/aromatic N) is 5. The van der Waals surface area contributed by atoms with E-state index < -0.39 is 0 Å². The van der Waals surface area contributed by atoms with Gasteiger partial charge >= 0.3 is 0 Å². The van der Waals surface area contributed by atoms with Crippen molar-refractivity contribution < 1.29 is 9.32 Å². The number of carbonyl (C=O) groups is 1. The Bertz CT molecular complexity index is 1050. The number of benzene rings is 1. The minimum absolute atomic E-state index is 0.00579. The topological polar surface area (TPSA) is 87.4 Å². The number of aromatic nitrogens is 3. The van der Waals surface area contributed by atoms with Crippen molar-refractivity contribution in [3.63, 3.8) is 0 Å². The fourth-order valence-electron chi connectivity index (χ4n) is 3.74. The van der Waals surface area contributed by atoms with Crippen LogP contribution in [-0.2, 0) is 4.79 Å². The molecule has 2 atom stereocenters. The standard InChI is InChI=1S/C23H27ClN6O2/c1-15-4-6-18(7-5-15)21-27-23(32-28-21)17(3)30-12-10-29(11-13-30)16(2)22(31)26-20-9-8-19(24)14-25-20/h4-9,14,16-17H,10-13H2,1-3H3,(H,25,26,31). The van der Waals surface area contributed by atoms with Gasteiger partial charge in [0, 0.05) is 37.9 Å². The first kappa shape index (κ1) is 22.4. The van der Waals surface area contributed by atoms with Gasteiger partial charge in [0.1, 0.15) is 5.82 Å². The van der Waals surface area contributed by atoms with Crippen molar-refractivity contribution in [2.75, 3.05) is 31.5 Å². The van der Waals surface area contributed by atoms with Gasteiger partial charge in [-0.3, -0.25) is 14.6 Å². The van der Waals surface area contributed by atoms with Crippen molar-refractivity contribution in [3.05, 3.63) is 59.1 Å². The zero-order chi connectivity index (χ0) is 22.7. The molecule has 1 aliphatic rings. The van der Waals surface area contributed by atoms with Crippen LogP contribution in [0.25, 0.3) is 11.4 Å². The summed E-state index contributed by atoms with van der Waals surface area (Å²) in [6.07, 6.45) is 1.52. The third-order valence-corrected chi connectivity index (χ3v) is 6.13. The molecule has 3 heterocycles. The number of nitrogens with one attached hydrogen (secondary N) is 1. The second-order valence-electron chi connectivity index (χ2n) is 8.10. The van der Waals surface area contributed by atoms with Gasteiger partial charge in [-0.15, -0.1) is 0 Å². The SMILES string of the molecule is Cc1ccc(-c2noc(C(C)N3CCN(C(C)C(=O)Nc4ccc(Cl)cn4)CC3)n2)cc1. The van der Waals surface area contributed by atoms with Crippen LogP contribution >= 0.6 is 11.6 Å². The van der Waals surface area contributed by atoms with E-state index >= 15 is 0 Å². The van der Waals surface area contributed by atoms with E-state index in [1.54, 1.807) is 12.1 Å². The molecule has 0 aliphatic carbocycles. The molecule has 1 saturated heterocycles. The number of hydrogen-bond donors (Lipinski definition) is 1. The predicted octanol–water partition coefficient (Wildman–Crippen LogP) is 3.80. The Hall–Kier alpha value is -2.81. The molecule has 9 heteroatoms. The number of pyridine rings is 1. The van der Waals surface area contributed by atoms with Crippen molar-refractivity contribution in [1.82, 2.24) is 24.9 Å². The lowest BCUT2D eigenvalue weighted by Gasteiger charge is -2.39. The zero-order valence-electron chi connectivity index (χ0n) is 18.5. The quantitative estimate of drug-likeness (QED) is 0.606. The summed E-state index contributed by atoms with van der Waals surface area (Å²) >= 11 is 5.85. The van der Waals surface area contributed by atoms with Gasteiger partial charge in [0.25, 0.3) is 0 Å². The van der Waals surface area contributed by atoms with E-state index in [0.717, 1.165) is 31.7 Å². The number of aryl methyl sites for hydroxylation is 1. The molecule has 3 aromatic rings. The van der Waals surface area contributed by atoms with Crippen molar-refractivity contribution in [3.8, 4) is 11.4 Å². The Kier molecular flexibility index (Phi) is 6.83. The maximum absolute atomic E-state index is 12.6. The summed E-state index contributed by atoms with van der Waals surface area (Å²) in [6, 6.07) is 11.2. The van der Waals surface area contributed by atoms with Crippen LogP contribution in [-0.4, -0.2) is 63.1 Å². The zero-order valence-corrected chi connectivity index (χ0v) is 19.2. The molecular formula is C23H27ClN6O2. The van der Waals surface area contributed by atoms with Crippen molar-refractivity contribution in [2.24, 2.45) is 0 Å². The molecule has 8 nitrogen and oxygen atoms in total. The molecular weight excluding hydrogens is 428 g/mol. The number of carbonyl (C=O) groups excluding carboxylic acids is 1. The molecule has 2 unspecified atom stereocenters. The molecule has 4 rings (SSSR count). The summed E-state index contributed by atoms with van der Waals surface area (Å²) in [4.78, 5) is 25.8. The van der Waals surface area contributed by atoms with Crippen LogP contribution in [0.5, 0.6) is 0 Å². The summed E-state index contributed by atoms with van der Waals surface area (Å²) in [5, 5.41) is 7.54. The molecule has 1 amide bonds. The van der Waals surface area contributed by atoms with Crippen molar-refractivity contribution >= 4 is 23.3 Å². The summed E-state index contributed by atoms with van der Waals surface area (Å²) in [6.45, 7) is 9.19. The highest BCUT2D eigenvalue weighted by Crippen LogP contribution is 2.24. The minimum Gasteiger partial charge on any atom is -0.337 e. The van der Waals surface area contributed by atoms with E-state index in [0.29, 0.717) is 22.6 Å². The van der Waals surface area contributed by atoms with Crippen LogP contribution < -0.4 is 5.32 Å². The summed E-state index contributed by atoms with van der Waals surface area (Å²) < 4.78 is 5.55. The van der Waals surface area contributed by atoms with E-state index in [4.69, 9.17) is 16.1 Å². The highest BCUT2D eigenvalue weighted by molar-refractivity contribution is 6.30. The molecule has 0 radical (unpaired) electrons. The van der Waals surface area contributed by atoms with Crippen LogP contribution in [0.4, 0.5) is 5.82 Å². The Morgan fingerprint density at radius 1 is 1.06 bits per heavy atom. The summed E-state index contributed by atoms with van der Waals surface area (Å²) in [7, 11) is 0. The van der Waals surface area contributed by atoms with Gasteiger partial charge in [0.15, 0.2) is 0 Å². The molecule has 1 aliphatic heterocycles. The van der Waals surface area contributed by atoms with E-state index in [9.17, 15) is 4.79 Å². The molecule has 32 heavy (non-hydrogen) atoms. The Morgan fingerprint density at radius 2 is 1.75 bits per heavy atom. The lowest BCUT2D eigenvalue weighted by atomic mass is 10.1. The van der Waals surface area contributed by atoms with Gasteiger partial charge in [0.2, 0.25) is 17.6 Å². The predicted molar refractivity (Wildman–Crippen MR) is 123 cm³/mol. The smallest absolute Gasteiger partial charge is 0.244 e. The first-order valence-corrected chi connectivity index (χ1v) is 11.1. The largest absolute Gasteiger partial charge is 0.337 e. The van der Waals surface area contributed by atoms with Crippen LogP contribution in [0.3, 0.4) is 0 Å². The third-order valence-electron chi connectivity index (χ3n) is 5.91. The van der Waals surface area contributed by atoms with Crippen LogP contribution in [0, 0.1) is 6.92 Å². The molecule has 168 valence electrons. The van der Waals surface area contributed by atoms with E-state index in [1.165, 1.54) is 11.8 Å². The molecule has 0 bridgehead atoms. The number of piperazine rings is 1. The number of amides is 1. The lowest BCUT2D eigenvalue weighted by molar-refractivity contribution is -0.121. The molecule has 0 saturated carbocycles. The number of anilines is 1.